The molecule has 2 N–H and O–H groups in total. The number of fused-ring (bicyclic) bond motifs is 1. The fourth-order valence-corrected chi connectivity index (χ4v) is 5.17. The van der Waals surface area contributed by atoms with Crippen molar-refractivity contribution in [3.05, 3.63) is 60.3 Å². The van der Waals surface area contributed by atoms with Gasteiger partial charge in [0.15, 0.2) is 0 Å². The normalized spacial score (nSPS) is 18.5. The number of alkyl halides is 3. The van der Waals surface area contributed by atoms with Gasteiger partial charge < -0.3 is 10.6 Å². The number of hydrogen-bond donors (Lipinski definition) is 1. The third kappa shape index (κ3) is 3.47. The summed E-state index contributed by atoms with van der Waals surface area (Å²) in [7, 11) is -5.35. The van der Waals surface area contributed by atoms with E-state index >= 15 is 0 Å². The van der Waals surface area contributed by atoms with Crippen LogP contribution in [0.3, 0.4) is 0 Å². The van der Waals surface area contributed by atoms with Crippen LogP contribution in [-0.2, 0) is 16.4 Å². The number of nitrogens with zero attached hydrogens (tertiary/aromatic N) is 3. The Morgan fingerprint density at radius 1 is 1.06 bits per heavy atom. The summed E-state index contributed by atoms with van der Waals surface area (Å²) in [6.45, 7) is 2.05. The Hall–Kier alpha value is -2.85. The fraction of sp³-hybridized carbons (Fsp3) is 0.318. The molecule has 1 aliphatic carbocycles. The predicted octanol–water partition coefficient (Wildman–Crippen LogP) is 3.92. The van der Waals surface area contributed by atoms with E-state index in [0.29, 0.717) is 24.6 Å². The number of pyridine rings is 1. The molecule has 1 saturated heterocycles. The summed E-state index contributed by atoms with van der Waals surface area (Å²) >= 11 is 0. The third-order valence-corrected chi connectivity index (χ3v) is 7.86. The second-order valence-electron chi connectivity index (χ2n) is 8.45. The van der Waals surface area contributed by atoms with Crippen molar-refractivity contribution in [2.24, 2.45) is 0 Å². The van der Waals surface area contributed by atoms with Crippen molar-refractivity contribution in [3.8, 4) is 0 Å². The van der Waals surface area contributed by atoms with Crippen molar-refractivity contribution in [2.45, 2.75) is 35.3 Å². The number of nitrogen functional groups attached to an aromatic ring is 1. The van der Waals surface area contributed by atoms with E-state index in [2.05, 4.69) is 14.8 Å². The van der Waals surface area contributed by atoms with Crippen LogP contribution < -0.4 is 10.6 Å². The highest BCUT2D eigenvalue weighted by atomic mass is 32.2. The molecule has 1 saturated carbocycles. The van der Waals surface area contributed by atoms with Crippen LogP contribution in [0.5, 0.6) is 0 Å². The van der Waals surface area contributed by atoms with E-state index in [4.69, 9.17) is 5.73 Å². The molecule has 32 heavy (non-hydrogen) atoms. The lowest BCUT2D eigenvalue weighted by Gasteiger charge is -2.23. The van der Waals surface area contributed by atoms with Crippen LogP contribution in [-0.4, -0.2) is 42.6 Å². The molecule has 5 rings (SSSR count). The summed E-state index contributed by atoms with van der Waals surface area (Å²) in [6.07, 6.45) is 3.85. The zero-order valence-electron chi connectivity index (χ0n) is 17.0. The standard InChI is InChI=1S/C22H21F3N4O2S/c23-22(24,25)32(30,31)18-4-2-17(3-5-18)28-13-21(8-9-21)29(14-28)12-15-7-10-27-20-11-16(26)1-6-19(15)20/h1-7,10-11H,8-9,12-14,26H2. The molecular weight excluding hydrogens is 441 g/mol. The molecule has 0 radical (unpaired) electrons. The van der Waals surface area contributed by atoms with Crippen molar-refractivity contribution in [1.82, 2.24) is 9.88 Å². The topological polar surface area (TPSA) is 79.5 Å². The summed E-state index contributed by atoms with van der Waals surface area (Å²) in [5.41, 5.74) is 3.92. The molecule has 0 atom stereocenters. The predicted molar refractivity (Wildman–Crippen MR) is 116 cm³/mol. The van der Waals surface area contributed by atoms with Crippen LogP contribution in [0.25, 0.3) is 10.9 Å². The number of halogens is 3. The lowest BCUT2D eigenvalue weighted by Crippen LogP contribution is -2.32. The smallest absolute Gasteiger partial charge is 0.399 e. The molecule has 2 aliphatic rings. The zero-order chi connectivity index (χ0) is 22.7. The van der Waals surface area contributed by atoms with Gasteiger partial charge in [-0.1, -0.05) is 6.07 Å². The number of anilines is 2. The van der Waals surface area contributed by atoms with Crippen molar-refractivity contribution in [2.75, 3.05) is 23.8 Å². The average Bonchev–Trinajstić information content (AvgIpc) is 3.43. The minimum atomic E-state index is -5.35. The maximum atomic E-state index is 12.8. The Morgan fingerprint density at radius 2 is 1.78 bits per heavy atom. The molecule has 6 nitrogen and oxygen atoms in total. The van der Waals surface area contributed by atoms with Crippen LogP contribution in [0.1, 0.15) is 18.4 Å². The van der Waals surface area contributed by atoms with E-state index in [0.717, 1.165) is 48.0 Å². The Bertz CT molecular complexity index is 1290. The van der Waals surface area contributed by atoms with E-state index in [-0.39, 0.29) is 5.54 Å². The summed E-state index contributed by atoms with van der Waals surface area (Å²) in [5, 5.41) is 1.04. The van der Waals surface area contributed by atoms with Gasteiger partial charge >= 0.3 is 5.51 Å². The fourth-order valence-electron chi connectivity index (χ4n) is 4.41. The number of sulfone groups is 1. The second kappa shape index (κ2) is 7.08. The summed E-state index contributed by atoms with van der Waals surface area (Å²) in [5.74, 6) is 0. The molecule has 2 fully saturated rings. The lowest BCUT2D eigenvalue weighted by atomic mass is 10.1. The maximum Gasteiger partial charge on any atom is 0.501 e. The molecule has 3 aromatic rings. The molecule has 0 unspecified atom stereocenters. The first-order valence-corrected chi connectivity index (χ1v) is 11.6. The lowest BCUT2D eigenvalue weighted by molar-refractivity contribution is -0.0436. The second-order valence-corrected chi connectivity index (χ2v) is 10.4. The minimum Gasteiger partial charge on any atom is -0.399 e. The van der Waals surface area contributed by atoms with Gasteiger partial charge in [-0.3, -0.25) is 9.88 Å². The highest BCUT2D eigenvalue weighted by molar-refractivity contribution is 7.92. The largest absolute Gasteiger partial charge is 0.501 e. The monoisotopic (exact) mass is 462 g/mol. The van der Waals surface area contributed by atoms with Crippen molar-refractivity contribution < 1.29 is 21.6 Å². The summed E-state index contributed by atoms with van der Waals surface area (Å²) < 4.78 is 61.7. The van der Waals surface area contributed by atoms with Gasteiger partial charge in [-0.15, -0.1) is 0 Å². The van der Waals surface area contributed by atoms with Crippen molar-refractivity contribution >= 4 is 32.1 Å². The molecule has 2 heterocycles. The molecule has 168 valence electrons. The molecular formula is C22H21F3N4O2S. The van der Waals surface area contributed by atoms with E-state index in [1.54, 1.807) is 6.20 Å². The first-order valence-electron chi connectivity index (χ1n) is 10.1. The highest BCUT2D eigenvalue weighted by Crippen LogP contribution is 2.48. The van der Waals surface area contributed by atoms with Crippen molar-refractivity contribution in [1.29, 1.82) is 0 Å². The molecule has 1 aliphatic heterocycles. The average molecular weight is 462 g/mol. The van der Waals surface area contributed by atoms with E-state index in [1.165, 1.54) is 12.1 Å². The van der Waals surface area contributed by atoms with Gasteiger partial charge in [-0.2, -0.15) is 13.2 Å². The van der Waals surface area contributed by atoms with Crippen LogP contribution >= 0.6 is 0 Å². The molecule has 1 spiro atoms. The van der Waals surface area contributed by atoms with Gasteiger partial charge in [0.25, 0.3) is 9.84 Å². The highest BCUT2D eigenvalue weighted by Gasteiger charge is 2.53. The summed E-state index contributed by atoms with van der Waals surface area (Å²) in [4.78, 5) is 8.11. The molecule has 2 aromatic carbocycles. The zero-order valence-corrected chi connectivity index (χ0v) is 17.8. The van der Waals surface area contributed by atoms with Crippen molar-refractivity contribution in [3.63, 3.8) is 0 Å². The number of nitrogens with two attached hydrogens (primary N) is 1. The number of hydrogen-bond acceptors (Lipinski definition) is 6. The minimum absolute atomic E-state index is 0.0279. The maximum absolute atomic E-state index is 12.8. The Balaban J connectivity index is 1.38. The van der Waals surface area contributed by atoms with Gasteiger partial charge in [0.2, 0.25) is 0 Å². The van der Waals surface area contributed by atoms with Crippen LogP contribution in [0.2, 0.25) is 0 Å². The van der Waals surface area contributed by atoms with Crippen LogP contribution in [0, 0.1) is 0 Å². The molecule has 10 heteroatoms. The van der Waals surface area contributed by atoms with Gasteiger partial charge in [-0.25, -0.2) is 8.42 Å². The van der Waals surface area contributed by atoms with Gasteiger partial charge in [-0.05, 0) is 60.9 Å². The van der Waals surface area contributed by atoms with Gasteiger partial charge in [0.1, 0.15) is 0 Å². The Morgan fingerprint density at radius 3 is 2.44 bits per heavy atom. The quantitative estimate of drug-likeness (QED) is 0.592. The van der Waals surface area contributed by atoms with E-state index in [1.807, 2.05) is 24.3 Å². The molecule has 0 amide bonds. The third-order valence-electron chi connectivity index (χ3n) is 6.36. The number of rotatable bonds is 4. The molecule has 1 aromatic heterocycles. The van der Waals surface area contributed by atoms with E-state index in [9.17, 15) is 21.6 Å². The van der Waals surface area contributed by atoms with Gasteiger partial charge in [0.05, 0.1) is 17.1 Å². The Labute approximate surface area is 183 Å². The Kier molecular flexibility index (Phi) is 4.65. The van der Waals surface area contributed by atoms with Gasteiger partial charge in [0, 0.05) is 41.6 Å². The number of aromatic nitrogens is 1. The first-order chi connectivity index (χ1) is 15.1. The summed E-state index contributed by atoms with van der Waals surface area (Å²) in [6, 6.07) is 12.6. The molecule has 0 bridgehead atoms. The first kappa shape index (κ1) is 21.0. The van der Waals surface area contributed by atoms with Crippen LogP contribution in [0.4, 0.5) is 24.5 Å². The number of benzene rings is 2. The van der Waals surface area contributed by atoms with Crippen LogP contribution in [0.15, 0.2) is 59.6 Å². The SMILES string of the molecule is Nc1ccc2c(CN3CN(c4ccc(S(=O)(=O)C(F)(F)F)cc4)CC34CC4)ccnc2c1. The van der Waals surface area contributed by atoms with E-state index < -0.39 is 20.2 Å².